The first-order chi connectivity index (χ1) is 9.54. The van der Waals surface area contributed by atoms with Gasteiger partial charge in [0.1, 0.15) is 23.7 Å². The molecule has 1 fully saturated rings. The molecule has 2 heterocycles. The van der Waals surface area contributed by atoms with Gasteiger partial charge >= 0.3 is 0 Å². The number of nitrogens with zero attached hydrogens (tertiary/aromatic N) is 2. The summed E-state index contributed by atoms with van der Waals surface area (Å²) in [5, 5.41) is 0. The number of hydrogen-bond donors (Lipinski definition) is 0. The minimum absolute atomic E-state index is 0.113. The fourth-order valence-corrected chi connectivity index (χ4v) is 1.97. The minimum Gasteiger partial charge on any atom is -0.356 e. The highest BCUT2D eigenvalue weighted by molar-refractivity contribution is 6.03. The van der Waals surface area contributed by atoms with Crippen molar-refractivity contribution in [2.75, 3.05) is 6.61 Å². The molecular weight excluding hydrogens is 273 g/mol. The van der Waals surface area contributed by atoms with Gasteiger partial charge < -0.3 is 4.74 Å². The maximum Gasteiger partial charge on any atom is 0.223 e. The van der Waals surface area contributed by atoms with Crippen LogP contribution in [-0.4, -0.2) is 22.4 Å². The Morgan fingerprint density at radius 3 is 2.60 bits per heavy atom. The van der Waals surface area contributed by atoms with Crippen LogP contribution in [0.5, 0.6) is 0 Å². The largest absolute Gasteiger partial charge is 0.356 e. The summed E-state index contributed by atoms with van der Waals surface area (Å²) >= 11 is 0. The molecule has 4 nitrogen and oxygen atoms in total. The Kier molecular flexibility index (Phi) is 2.79. The SMILES string of the molecule is O=C(c1ncncc1F)C1(c2ccc(F)cc2F)CO1. The number of Topliss-reactive ketones (excluding diaryl/α,β-unsaturated/α-hetero) is 1. The monoisotopic (exact) mass is 280 g/mol. The summed E-state index contributed by atoms with van der Waals surface area (Å²) in [6.45, 7) is -0.113. The first-order valence-corrected chi connectivity index (χ1v) is 5.64. The molecule has 0 radical (unpaired) electrons. The third kappa shape index (κ3) is 1.87. The molecule has 3 rings (SSSR count). The van der Waals surface area contributed by atoms with Crippen LogP contribution in [0.15, 0.2) is 30.7 Å². The zero-order valence-corrected chi connectivity index (χ0v) is 9.94. The van der Waals surface area contributed by atoms with Crippen molar-refractivity contribution in [3.05, 3.63) is 59.4 Å². The maximum absolute atomic E-state index is 13.8. The summed E-state index contributed by atoms with van der Waals surface area (Å²) in [5.41, 5.74) is -2.25. The lowest BCUT2D eigenvalue weighted by Gasteiger charge is -2.12. The van der Waals surface area contributed by atoms with E-state index in [9.17, 15) is 18.0 Å². The number of rotatable bonds is 3. The zero-order chi connectivity index (χ0) is 14.3. The van der Waals surface area contributed by atoms with Crippen molar-refractivity contribution in [1.82, 2.24) is 9.97 Å². The van der Waals surface area contributed by atoms with Crippen molar-refractivity contribution in [2.24, 2.45) is 0 Å². The number of ketones is 1. The summed E-state index contributed by atoms with van der Waals surface area (Å²) in [6, 6.07) is 2.75. The highest BCUT2D eigenvalue weighted by Gasteiger charge is 2.56. The van der Waals surface area contributed by atoms with Gasteiger partial charge in [0.15, 0.2) is 11.4 Å². The smallest absolute Gasteiger partial charge is 0.223 e. The number of carbonyl (C=O) groups is 1. The third-order valence-corrected chi connectivity index (χ3v) is 3.05. The summed E-state index contributed by atoms with van der Waals surface area (Å²) < 4.78 is 45.2. The van der Waals surface area contributed by atoms with Crippen molar-refractivity contribution in [3.8, 4) is 0 Å². The molecule has 20 heavy (non-hydrogen) atoms. The Bertz CT molecular complexity index is 702. The van der Waals surface area contributed by atoms with E-state index in [4.69, 9.17) is 4.74 Å². The van der Waals surface area contributed by atoms with E-state index in [0.717, 1.165) is 24.7 Å². The van der Waals surface area contributed by atoms with Gasteiger partial charge in [-0.15, -0.1) is 0 Å². The summed E-state index contributed by atoms with van der Waals surface area (Å²) in [6.07, 6.45) is 1.84. The van der Waals surface area contributed by atoms with E-state index in [1.807, 2.05) is 0 Å². The first-order valence-electron chi connectivity index (χ1n) is 5.64. The van der Waals surface area contributed by atoms with E-state index in [1.165, 1.54) is 0 Å². The molecule has 1 aliphatic rings. The van der Waals surface area contributed by atoms with Crippen LogP contribution in [0.1, 0.15) is 16.1 Å². The molecule has 1 aromatic carbocycles. The fourth-order valence-electron chi connectivity index (χ4n) is 1.97. The summed E-state index contributed by atoms with van der Waals surface area (Å²) in [5.74, 6) is -3.44. The normalized spacial score (nSPS) is 20.8. The van der Waals surface area contributed by atoms with Crippen molar-refractivity contribution in [3.63, 3.8) is 0 Å². The molecule has 1 atom stereocenters. The predicted octanol–water partition coefficient (Wildman–Crippen LogP) is 2.00. The number of halogens is 3. The molecule has 1 aromatic heterocycles. The van der Waals surface area contributed by atoms with Gasteiger partial charge in [0.25, 0.3) is 0 Å². The zero-order valence-electron chi connectivity index (χ0n) is 9.94. The fraction of sp³-hybridized carbons (Fsp3) is 0.154. The molecule has 0 amide bonds. The van der Waals surface area contributed by atoms with E-state index in [-0.39, 0.29) is 12.2 Å². The van der Waals surface area contributed by atoms with Crippen LogP contribution in [-0.2, 0) is 10.3 Å². The standard InChI is InChI=1S/C13H7F3N2O2/c14-7-1-2-8(9(15)3-7)13(5-20-13)12(19)11-10(16)4-17-6-18-11/h1-4,6H,5H2. The van der Waals surface area contributed by atoms with Crippen LogP contribution in [0.2, 0.25) is 0 Å². The minimum atomic E-state index is -1.63. The average Bonchev–Trinajstić information content (AvgIpc) is 3.20. The number of ether oxygens (including phenoxy) is 1. The lowest BCUT2D eigenvalue weighted by molar-refractivity contribution is 0.0856. The van der Waals surface area contributed by atoms with Gasteiger partial charge in [-0.1, -0.05) is 0 Å². The Balaban J connectivity index is 2.05. The third-order valence-electron chi connectivity index (χ3n) is 3.05. The van der Waals surface area contributed by atoms with Crippen LogP contribution in [0.25, 0.3) is 0 Å². The van der Waals surface area contributed by atoms with Crippen LogP contribution in [0, 0.1) is 17.5 Å². The first kappa shape index (κ1) is 12.7. The average molecular weight is 280 g/mol. The highest BCUT2D eigenvalue weighted by atomic mass is 19.1. The lowest BCUT2D eigenvalue weighted by atomic mass is 9.92. The number of epoxide rings is 1. The second kappa shape index (κ2) is 4.38. The van der Waals surface area contributed by atoms with E-state index in [0.29, 0.717) is 6.07 Å². The lowest BCUT2D eigenvalue weighted by Crippen LogP contribution is -2.26. The molecule has 1 saturated heterocycles. The molecule has 1 unspecified atom stereocenters. The summed E-state index contributed by atoms with van der Waals surface area (Å²) in [7, 11) is 0. The second-order valence-electron chi connectivity index (χ2n) is 4.29. The van der Waals surface area contributed by atoms with Crippen molar-refractivity contribution >= 4 is 5.78 Å². The van der Waals surface area contributed by atoms with Gasteiger partial charge in [-0.2, -0.15) is 0 Å². The van der Waals surface area contributed by atoms with Gasteiger partial charge in [0.05, 0.1) is 12.8 Å². The summed E-state index contributed by atoms with van der Waals surface area (Å²) in [4.78, 5) is 19.2. The van der Waals surface area contributed by atoms with Crippen molar-refractivity contribution < 1.29 is 22.7 Å². The van der Waals surface area contributed by atoms with Crippen molar-refractivity contribution in [1.29, 1.82) is 0 Å². The quantitative estimate of drug-likeness (QED) is 0.637. The van der Waals surface area contributed by atoms with Gasteiger partial charge in [-0.05, 0) is 12.1 Å². The maximum atomic E-state index is 13.8. The Morgan fingerprint density at radius 2 is 2.00 bits per heavy atom. The van der Waals surface area contributed by atoms with Gasteiger partial charge in [0.2, 0.25) is 5.78 Å². The Labute approximate surface area is 111 Å². The van der Waals surface area contributed by atoms with E-state index in [2.05, 4.69) is 9.97 Å². The predicted molar refractivity (Wildman–Crippen MR) is 60.3 cm³/mol. The molecule has 0 aliphatic carbocycles. The molecule has 7 heteroatoms. The Morgan fingerprint density at radius 1 is 1.25 bits per heavy atom. The van der Waals surface area contributed by atoms with Gasteiger partial charge in [-0.3, -0.25) is 4.79 Å². The molecule has 0 N–H and O–H groups in total. The van der Waals surface area contributed by atoms with Crippen molar-refractivity contribution in [2.45, 2.75) is 5.60 Å². The molecule has 2 aromatic rings. The van der Waals surface area contributed by atoms with Crippen LogP contribution < -0.4 is 0 Å². The topological polar surface area (TPSA) is 55.4 Å². The van der Waals surface area contributed by atoms with E-state index < -0.39 is 34.5 Å². The van der Waals surface area contributed by atoms with Crippen LogP contribution in [0.3, 0.4) is 0 Å². The molecule has 0 spiro atoms. The number of benzene rings is 1. The van der Waals surface area contributed by atoms with Gasteiger partial charge in [0, 0.05) is 11.6 Å². The molecule has 0 saturated carbocycles. The van der Waals surface area contributed by atoms with E-state index >= 15 is 0 Å². The number of aromatic nitrogens is 2. The number of hydrogen-bond acceptors (Lipinski definition) is 4. The van der Waals surface area contributed by atoms with Crippen LogP contribution >= 0.6 is 0 Å². The number of carbonyl (C=O) groups excluding carboxylic acids is 1. The van der Waals surface area contributed by atoms with E-state index in [1.54, 1.807) is 0 Å². The van der Waals surface area contributed by atoms with Crippen LogP contribution in [0.4, 0.5) is 13.2 Å². The Hall–Kier alpha value is -2.28. The highest BCUT2D eigenvalue weighted by Crippen LogP contribution is 2.42. The molecule has 0 bridgehead atoms. The van der Waals surface area contributed by atoms with Gasteiger partial charge in [-0.25, -0.2) is 23.1 Å². The molecule has 102 valence electrons. The molecule has 1 aliphatic heterocycles. The second-order valence-corrected chi connectivity index (χ2v) is 4.29. The molecular formula is C13H7F3N2O2.